The fraction of sp³-hybridized carbons (Fsp3) is 0.500. The molecule has 2 aromatic heterocycles. The number of hydrogen-bond acceptors (Lipinski definition) is 6. The van der Waals surface area contributed by atoms with Gasteiger partial charge in [0.15, 0.2) is 0 Å². The standard InChI is InChI=1S/C18H24N4O2/c1-22(12-14-4-3-9-19-11-14)13-17-7-6-16(24-17)10-15-5-8-18(23-2)21-20-15/h3-5,8-9,11,16-17H,6-7,10,12-13H2,1-2H3/t16-,17+/m0/s1. The third-order valence-corrected chi connectivity index (χ3v) is 4.23. The smallest absolute Gasteiger partial charge is 0.233 e. The topological polar surface area (TPSA) is 60.4 Å². The second kappa shape index (κ2) is 8.17. The number of rotatable bonds is 7. The molecule has 6 nitrogen and oxygen atoms in total. The molecule has 0 N–H and O–H groups in total. The average molecular weight is 328 g/mol. The zero-order valence-electron chi connectivity index (χ0n) is 14.3. The highest BCUT2D eigenvalue weighted by atomic mass is 16.5. The van der Waals surface area contributed by atoms with Crippen LogP contribution in [0.25, 0.3) is 0 Å². The van der Waals surface area contributed by atoms with Crippen LogP contribution in [0.2, 0.25) is 0 Å². The van der Waals surface area contributed by atoms with Gasteiger partial charge in [0.1, 0.15) is 0 Å². The van der Waals surface area contributed by atoms with Gasteiger partial charge in [-0.05, 0) is 37.6 Å². The minimum absolute atomic E-state index is 0.226. The molecule has 0 aromatic carbocycles. The molecule has 3 rings (SSSR count). The van der Waals surface area contributed by atoms with Crippen LogP contribution >= 0.6 is 0 Å². The minimum Gasteiger partial charge on any atom is -0.480 e. The van der Waals surface area contributed by atoms with Gasteiger partial charge in [-0.15, -0.1) is 5.10 Å². The molecule has 3 heterocycles. The van der Waals surface area contributed by atoms with Crippen molar-refractivity contribution >= 4 is 0 Å². The number of pyridine rings is 1. The maximum atomic E-state index is 6.17. The van der Waals surface area contributed by atoms with Gasteiger partial charge in [0.05, 0.1) is 25.0 Å². The quantitative estimate of drug-likeness (QED) is 0.776. The third kappa shape index (κ3) is 4.72. The zero-order chi connectivity index (χ0) is 16.8. The van der Waals surface area contributed by atoms with Crippen molar-refractivity contribution in [2.45, 2.75) is 38.0 Å². The molecule has 0 unspecified atom stereocenters. The van der Waals surface area contributed by atoms with Gasteiger partial charge < -0.3 is 9.47 Å². The van der Waals surface area contributed by atoms with Gasteiger partial charge in [-0.25, -0.2) is 0 Å². The number of ether oxygens (including phenoxy) is 2. The fourth-order valence-electron chi connectivity index (χ4n) is 3.08. The Morgan fingerprint density at radius 1 is 1.21 bits per heavy atom. The highest BCUT2D eigenvalue weighted by molar-refractivity contribution is 5.12. The third-order valence-electron chi connectivity index (χ3n) is 4.23. The van der Waals surface area contributed by atoms with Crippen LogP contribution in [0.15, 0.2) is 36.7 Å². The summed E-state index contributed by atoms with van der Waals surface area (Å²) in [6.07, 6.45) is 7.19. The molecule has 0 aliphatic carbocycles. The van der Waals surface area contributed by atoms with E-state index in [4.69, 9.17) is 9.47 Å². The van der Waals surface area contributed by atoms with E-state index in [1.54, 1.807) is 13.3 Å². The van der Waals surface area contributed by atoms with E-state index in [9.17, 15) is 0 Å². The lowest BCUT2D eigenvalue weighted by atomic mass is 10.1. The van der Waals surface area contributed by atoms with Gasteiger partial charge in [-0.2, -0.15) is 5.10 Å². The highest BCUT2D eigenvalue weighted by Gasteiger charge is 2.26. The van der Waals surface area contributed by atoms with Crippen molar-refractivity contribution < 1.29 is 9.47 Å². The Bertz CT molecular complexity index is 621. The van der Waals surface area contributed by atoms with Gasteiger partial charge in [-0.1, -0.05) is 6.07 Å². The van der Waals surface area contributed by atoms with Crippen molar-refractivity contribution in [2.75, 3.05) is 20.7 Å². The number of nitrogens with zero attached hydrogens (tertiary/aromatic N) is 4. The molecule has 1 saturated heterocycles. The largest absolute Gasteiger partial charge is 0.480 e. The van der Waals surface area contributed by atoms with Crippen molar-refractivity contribution in [2.24, 2.45) is 0 Å². The molecule has 1 fully saturated rings. The summed E-state index contributed by atoms with van der Waals surface area (Å²) in [4.78, 5) is 6.45. The minimum atomic E-state index is 0.226. The lowest BCUT2D eigenvalue weighted by Gasteiger charge is -2.21. The maximum absolute atomic E-state index is 6.17. The number of aromatic nitrogens is 3. The number of hydrogen-bond donors (Lipinski definition) is 0. The first-order valence-corrected chi connectivity index (χ1v) is 8.32. The normalized spacial score (nSPS) is 20.5. The first-order chi connectivity index (χ1) is 11.7. The summed E-state index contributed by atoms with van der Waals surface area (Å²) < 4.78 is 11.2. The van der Waals surface area contributed by atoms with Gasteiger partial charge in [-0.3, -0.25) is 9.88 Å². The highest BCUT2D eigenvalue weighted by Crippen LogP contribution is 2.23. The van der Waals surface area contributed by atoms with Crippen LogP contribution in [0.4, 0.5) is 0 Å². The van der Waals surface area contributed by atoms with Crippen molar-refractivity contribution in [3.05, 3.63) is 47.9 Å². The molecule has 0 radical (unpaired) electrons. The second-order valence-electron chi connectivity index (χ2n) is 6.29. The molecule has 2 atom stereocenters. The summed E-state index contributed by atoms with van der Waals surface area (Å²) in [5.41, 5.74) is 2.17. The Labute approximate surface area is 142 Å². The second-order valence-corrected chi connectivity index (χ2v) is 6.29. The Kier molecular flexibility index (Phi) is 5.72. The molecule has 0 spiro atoms. The van der Waals surface area contributed by atoms with E-state index >= 15 is 0 Å². The molecule has 6 heteroatoms. The predicted molar refractivity (Wildman–Crippen MR) is 90.8 cm³/mol. The monoisotopic (exact) mass is 328 g/mol. The van der Waals surface area contributed by atoms with E-state index in [-0.39, 0.29) is 12.2 Å². The fourth-order valence-corrected chi connectivity index (χ4v) is 3.08. The molecule has 0 saturated carbocycles. The van der Waals surface area contributed by atoms with Crippen LogP contribution in [-0.4, -0.2) is 53.0 Å². The van der Waals surface area contributed by atoms with Crippen LogP contribution in [0, 0.1) is 0 Å². The Morgan fingerprint density at radius 3 is 2.79 bits per heavy atom. The lowest BCUT2D eigenvalue weighted by molar-refractivity contribution is 0.0262. The molecule has 0 amide bonds. The predicted octanol–water partition coefficient (Wildman–Crippen LogP) is 2.10. The Morgan fingerprint density at radius 2 is 2.08 bits per heavy atom. The van der Waals surface area contributed by atoms with Crippen LogP contribution in [-0.2, 0) is 17.7 Å². The van der Waals surface area contributed by atoms with E-state index in [2.05, 4.69) is 33.2 Å². The molecule has 1 aliphatic rings. The molecular weight excluding hydrogens is 304 g/mol. The van der Waals surface area contributed by atoms with Crippen LogP contribution in [0.5, 0.6) is 5.88 Å². The van der Waals surface area contributed by atoms with Crippen LogP contribution in [0.3, 0.4) is 0 Å². The average Bonchev–Trinajstić information content (AvgIpc) is 3.03. The first-order valence-electron chi connectivity index (χ1n) is 8.32. The summed E-state index contributed by atoms with van der Waals surface area (Å²) in [5.74, 6) is 0.543. The van der Waals surface area contributed by atoms with Crippen molar-refractivity contribution in [1.82, 2.24) is 20.1 Å². The molecule has 0 bridgehead atoms. The summed E-state index contributed by atoms with van der Waals surface area (Å²) in [6.45, 7) is 1.82. The molecule has 24 heavy (non-hydrogen) atoms. The first kappa shape index (κ1) is 16.8. The number of likely N-dealkylation sites (N-methyl/N-ethyl adjacent to an activating group) is 1. The molecular formula is C18H24N4O2. The van der Waals surface area contributed by atoms with Gasteiger partial charge in [0.2, 0.25) is 5.88 Å². The van der Waals surface area contributed by atoms with Crippen molar-refractivity contribution in [1.29, 1.82) is 0 Å². The lowest BCUT2D eigenvalue weighted by Crippen LogP contribution is -2.29. The summed E-state index contributed by atoms with van der Waals surface area (Å²) in [5, 5.41) is 8.19. The molecule has 2 aromatic rings. The maximum Gasteiger partial charge on any atom is 0.233 e. The summed E-state index contributed by atoms with van der Waals surface area (Å²) >= 11 is 0. The van der Waals surface area contributed by atoms with E-state index in [1.165, 1.54) is 5.56 Å². The van der Waals surface area contributed by atoms with Gasteiger partial charge >= 0.3 is 0 Å². The number of methoxy groups -OCH3 is 1. The Balaban J connectivity index is 1.44. The van der Waals surface area contributed by atoms with Crippen molar-refractivity contribution in [3.8, 4) is 5.88 Å². The SMILES string of the molecule is COc1ccc(C[C@@H]2CC[C@H](CN(C)Cc3cccnc3)O2)nn1. The van der Waals surface area contributed by atoms with Gasteiger partial charge in [0, 0.05) is 38.0 Å². The summed E-state index contributed by atoms with van der Waals surface area (Å²) in [7, 11) is 3.72. The van der Waals surface area contributed by atoms with Gasteiger partial charge in [0.25, 0.3) is 0 Å². The van der Waals surface area contributed by atoms with Crippen LogP contribution < -0.4 is 4.74 Å². The van der Waals surface area contributed by atoms with Crippen LogP contribution in [0.1, 0.15) is 24.1 Å². The summed E-state index contributed by atoms with van der Waals surface area (Å²) in [6, 6.07) is 7.87. The zero-order valence-corrected chi connectivity index (χ0v) is 14.3. The Hall–Kier alpha value is -2.05. The van der Waals surface area contributed by atoms with Crippen molar-refractivity contribution in [3.63, 3.8) is 0 Å². The van der Waals surface area contributed by atoms with E-state index < -0.39 is 0 Å². The van der Waals surface area contributed by atoms with E-state index in [0.29, 0.717) is 5.88 Å². The van der Waals surface area contributed by atoms with E-state index in [0.717, 1.165) is 38.0 Å². The van der Waals surface area contributed by atoms with E-state index in [1.807, 2.05) is 24.4 Å². The molecule has 128 valence electrons. The molecule has 1 aliphatic heterocycles.